The molecule has 0 saturated carbocycles. The highest BCUT2D eigenvalue weighted by Gasteiger charge is 2.61. The van der Waals surface area contributed by atoms with Crippen molar-refractivity contribution in [3.05, 3.63) is 70.3 Å². The normalized spacial score (nSPS) is 13.0. The highest BCUT2D eigenvalue weighted by molar-refractivity contribution is 8.04. The van der Waals surface area contributed by atoms with Crippen molar-refractivity contribution >= 4 is 20.2 Å². The standard InChI is InChI=1S/C13H6F6O6S2/c14-5-1-7(11(18)9(16)3-5)13(26(20,21)22,27(23,24)25)8-2-6(15)4-10(17)12(8)19/h1-4H,(H,20,21,22)(H,23,24,25). The summed E-state index contributed by atoms with van der Waals surface area (Å²) in [7, 11) is -13.0. The maximum absolute atomic E-state index is 14.2. The number of benzene rings is 2. The van der Waals surface area contributed by atoms with Crippen molar-refractivity contribution in [3.8, 4) is 0 Å². The summed E-state index contributed by atoms with van der Waals surface area (Å²) < 4.78 is 144. The molecular formula is C13H6F6O6S2. The quantitative estimate of drug-likeness (QED) is 0.433. The van der Waals surface area contributed by atoms with Crippen LogP contribution in [0.15, 0.2) is 24.3 Å². The fourth-order valence-electron chi connectivity index (χ4n) is 2.42. The van der Waals surface area contributed by atoms with Gasteiger partial charge in [-0.25, -0.2) is 26.3 Å². The molecular weight excluding hydrogens is 430 g/mol. The largest absolute Gasteiger partial charge is 0.296 e. The number of rotatable bonds is 4. The smallest absolute Gasteiger partial charge is 0.284 e. The van der Waals surface area contributed by atoms with Gasteiger partial charge >= 0.3 is 0 Å². The van der Waals surface area contributed by atoms with Gasteiger partial charge in [0.05, 0.1) is 0 Å². The van der Waals surface area contributed by atoms with Gasteiger partial charge < -0.3 is 0 Å². The van der Waals surface area contributed by atoms with Crippen LogP contribution in [0.2, 0.25) is 0 Å². The van der Waals surface area contributed by atoms with Gasteiger partial charge in [-0.15, -0.1) is 0 Å². The Balaban J connectivity index is 3.29. The van der Waals surface area contributed by atoms with Crippen LogP contribution in [0.4, 0.5) is 26.3 Å². The third kappa shape index (κ3) is 3.18. The van der Waals surface area contributed by atoms with Gasteiger partial charge in [-0.2, -0.15) is 16.8 Å². The average molecular weight is 436 g/mol. The molecule has 0 saturated heterocycles. The summed E-state index contributed by atoms with van der Waals surface area (Å²) in [4.78, 5) is 0. The molecule has 0 spiro atoms. The first-order valence-electron chi connectivity index (χ1n) is 6.38. The highest BCUT2D eigenvalue weighted by Crippen LogP contribution is 2.45. The molecule has 0 aliphatic heterocycles. The summed E-state index contributed by atoms with van der Waals surface area (Å²) in [6.07, 6.45) is 0. The van der Waals surface area contributed by atoms with Crippen LogP contribution in [-0.2, 0) is 24.3 Å². The summed E-state index contributed by atoms with van der Waals surface area (Å²) in [5.74, 6) is -13.0. The minimum Gasteiger partial charge on any atom is -0.284 e. The highest BCUT2D eigenvalue weighted by atomic mass is 32.3. The molecule has 2 aromatic rings. The number of halogens is 6. The number of hydrogen-bond donors (Lipinski definition) is 2. The Labute approximate surface area is 147 Å². The van der Waals surface area contributed by atoms with Gasteiger partial charge in [-0.3, -0.25) is 9.11 Å². The van der Waals surface area contributed by atoms with Crippen LogP contribution in [-0.4, -0.2) is 25.9 Å². The maximum Gasteiger partial charge on any atom is 0.296 e. The molecule has 0 unspecified atom stereocenters. The van der Waals surface area contributed by atoms with Crippen LogP contribution in [0.25, 0.3) is 0 Å². The lowest BCUT2D eigenvalue weighted by Crippen LogP contribution is -2.46. The average Bonchev–Trinajstić information content (AvgIpc) is 2.46. The fourth-order valence-corrected chi connectivity index (χ4v) is 5.20. The lowest BCUT2D eigenvalue weighted by molar-refractivity contribution is 0.416. The summed E-state index contributed by atoms with van der Waals surface area (Å²) >= 11 is 0. The second kappa shape index (κ2) is 6.47. The van der Waals surface area contributed by atoms with Gasteiger partial charge in [0.25, 0.3) is 24.3 Å². The van der Waals surface area contributed by atoms with Crippen molar-refractivity contribution in [2.75, 3.05) is 0 Å². The first-order chi connectivity index (χ1) is 12.1. The van der Waals surface area contributed by atoms with Gasteiger partial charge in [-0.05, 0) is 12.1 Å². The third-order valence-electron chi connectivity index (χ3n) is 3.42. The van der Waals surface area contributed by atoms with E-state index in [0.717, 1.165) is 0 Å². The Morgan fingerprint density at radius 3 is 1.19 bits per heavy atom. The minimum absolute atomic E-state index is 0.180. The molecule has 0 atom stereocenters. The van der Waals surface area contributed by atoms with Gasteiger partial charge in [0, 0.05) is 23.3 Å². The van der Waals surface area contributed by atoms with E-state index in [0.29, 0.717) is 0 Å². The van der Waals surface area contributed by atoms with E-state index in [-0.39, 0.29) is 24.3 Å². The maximum atomic E-state index is 14.2. The summed E-state index contributed by atoms with van der Waals surface area (Å²) in [5.41, 5.74) is -4.34. The Morgan fingerprint density at radius 1 is 0.630 bits per heavy atom. The van der Waals surface area contributed by atoms with E-state index in [1.54, 1.807) is 0 Å². The molecule has 0 heterocycles. The zero-order valence-corrected chi connectivity index (χ0v) is 14.1. The van der Waals surface area contributed by atoms with Crippen molar-refractivity contribution in [2.24, 2.45) is 0 Å². The van der Waals surface area contributed by atoms with Crippen molar-refractivity contribution in [1.82, 2.24) is 0 Å². The molecule has 6 nitrogen and oxygen atoms in total. The molecule has 0 radical (unpaired) electrons. The minimum atomic E-state index is -6.49. The van der Waals surface area contributed by atoms with E-state index in [1.165, 1.54) is 0 Å². The van der Waals surface area contributed by atoms with E-state index in [4.69, 9.17) is 0 Å². The predicted octanol–water partition coefficient (Wildman–Crippen LogP) is 2.50. The van der Waals surface area contributed by atoms with E-state index >= 15 is 0 Å². The van der Waals surface area contributed by atoms with Crippen molar-refractivity contribution in [2.45, 2.75) is 4.08 Å². The predicted molar refractivity (Wildman–Crippen MR) is 76.5 cm³/mol. The SMILES string of the molecule is O=S(=O)(O)C(c1cc(F)cc(F)c1F)(c1cc(F)cc(F)c1F)S(=O)(=O)O. The molecule has 0 bridgehead atoms. The van der Waals surface area contributed by atoms with Crippen LogP contribution in [0.1, 0.15) is 11.1 Å². The second-order valence-corrected chi connectivity index (χ2v) is 8.45. The molecule has 0 aliphatic rings. The molecule has 14 heteroatoms. The molecule has 0 amide bonds. The zero-order valence-electron chi connectivity index (χ0n) is 12.4. The first kappa shape index (κ1) is 21.1. The summed E-state index contributed by atoms with van der Waals surface area (Å²) in [5, 5.41) is 0. The van der Waals surface area contributed by atoms with Gasteiger partial charge in [0.1, 0.15) is 11.6 Å². The Morgan fingerprint density at radius 2 is 0.926 bits per heavy atom. The fraction of sp³-hybridized carbons (Fsp3) is 0.0769. The topological polar surface area (TPSA) is 109 Å². The van der Waals surface area contributed by atoms with Crippen LogP contribution < -0.4 is 0 Å². The molecule has 0 aliphatic carbocycles. The molecule has 27 heavy (non-hydrogen) atoms. The van der Waals surface area contributed by atoms with Crippen molar-refractivity contribution in [1.29, 1.82) is 0 Å². The Hall–Kier alpha value is -2.16. The lowest BCUT2D eigenvalue weighted by Gasteiger charge is -2.29. The van der Waals surface area contributed by atoms with E-state index in [2.05, 4.69) is 0 Å². The van der Waals surface area contributed by atoms with Crippen LogP contribution in [0.3, 0.4) is 0 Å². The van der Waals surface area contributed by atoms with Crippen LogP contribution in [0, 0.1) is 34.9 Å². The van der Waals surface area contributed by atoms with Crippen molar-refractivity contribution in [3.63, 3.8) is 0 Å². The number of hydrogen-bond acceptors (Lipinski definition) is 4. The third-order valence-corrected chi connectivity index (χ3v) is 7.02. The summed E-state index contributed by atoms with van der Waals surface area (Å²) in [6, 6.07) is -0.995. The van der Waals surface area contributed by atoms with Gasteiger partial charge in [0.2, 0.25) is 0 Å². The summed E-state index contributed by atoms with van der Waals surface area (Å²) in [6.45, 7) is 0. The van der Waals surface area contributed by atoms with Crippen LogP contribution in [0.5, 0.6) is 0 Å². The van der Waals surface area contributed by atoms with Crippen molar-refractivity contribution < 1.29 is 52.3 Å². The Kier molecular flexibility index (Phi) is 5.07. The van der Waals surface area contributed by atoms with E-state index in [1.807, 2.05) is 0 Å². The zero-order chi connectivity index (χ0) is 20.9. The lowest BCUT2D eigenvalue weighted by atomic mass is 10.0. The first-order valence-corrected chi connectivity index (χ1v) is 9.26. The molecule has 2 N–H and O–H groups in total. The molecule has 2 rings (SSSR count). The molecule has 0 fully saturated rings. The molecule has 0 aromatic heterocycles. The Bertz CT molecular complexity index is 1050. The second-order valence-electron chi connectivity index (χ2n) is 5.07. The van der Waals surface area contributed by atoms with E-state index in [9.17, 15) is 52.3 Å². The van der Waals surface area contributed by atoms with E-state index < -0.39 is 70.3 Å². The monoisotopic (exact) mass is 436 g/mol. The van der Waals surface area contributed by atoms with Gasteiger partial charge in [-0.1, -0.05) is 0 Å². The van der Waals surface area contributed by atoms with Gasteiger partial charge in [0.15, 0.2) is 23.3 Å². The molecule has 148 valence electrons. The molecule has 2 aromatic carbocycles. The van der Waals surface area contributed by atoms with Crippen LogP contribution >= 0.6 is 0 Å².